The van der Waals surface area contributed by atoms with E-state index in [1.807, 2.05) is 19.9 Å². The van der Waals surface area contributed by atoms with Crippen LogP contribution in [0.2, 0.25) is 0 Å². The molecule has 0 saturated carbocycles. The maximum atomic E-state index is 13.1. The Hall–Kier alpha value is -1.42. The summed E-state index contributed by atoms with van der Waals surface area (Å²) in [5, 5.41) is 6.29. The van der Waals surface area contributed by atoms with Gasteiger partial charge in [0.1, 0.15) is 5.82 Å². The standard InChI is InChI=1S/C15H21FN2O/c1-10(2)15(19)18-8-7-17-14-6-3-11-9-12(16)4-5-13(11)14/h4-5,9-10,14,17H,3,6-8H2,1-2H3,(H,18,19). The van der Waals surface area contributed by atoms with Crippen LogP contribution in [-0.2, 0) is 11.2 Å². The Balaban J connectivity index is 1.79. The van der Waals surface area contributed by atoms with Gasteiger partial charge in [0, 0.05) is 25.0 Å². The molecular weight excluding hydrogens is 243 g/mol. The highest BCUT2D eigenvalue weighted by Crippen LogP contribution is 2.31. The van der Waals surface area contributed by atoms with Crippen LogP contribution in [0, 0.1) is 11.7 Å². The fourth-order valence-corrected chi connectivity index (χ4v) is 2.43. The lowest BCUT2D eigenvalue weighted by atomic mass is 10.1. The van der Waals surface area contributed by atoms with Crippen LogP contribution in [0.3, 0.4) is 0 Å². The summed E-state index contributed by atoms with van der Waals surface area (Å²) in [6.07, 6.45) is 1.92. The van der Waals surface area contributed by atoms with Crippen LogP contribution in [0.5, 0.6) is 0 Å². The lowest BCUT2D eigenvalue weighted by Gasteiger charge is -2.15. The summed E-state index contributed by atoms with van der Waals surface area (Å²) in [4.78, 5) is 11.4. The molecular formula is C15H21FN2O. The summed E-state index contributed by atoms with van der Waals surface area (Å²) < 4.78 is 13.1. The number of aryl methyl sites for hydroxylation is 1. The number of rotatable bonds is 5. The van der Waals surface area contributed by atoms with Gasteiger partial charge in [-0.05, 0) is 36.1 Å². The van der Waals surface area contributed by atoms with Gasteiger partial charge in [0.15, 0.2) is 0 Å². The highest BCUT2D eigenvalue weighted by atomic mass is 19.1. The molecule has 2 rings (SSSR count). The normalized spacial score (nSPS) is 17.6. The van der Waals surface area contributed by atoms with Crippen molar-refractivity contribution in [2.45, 2.75) is 32.7 Å². The van der Waals surface area contributed by atoms with Gasteiger partial charge in [0.05, 0.1) is 0 Å². The molecule has 1 atom stereocenters. The van der Waals surface area contributed by atoms with E-state index in [9.17, 15) is 9.18 Å². The highest BCUT2D eigenvalue weighted by Gasteiger charge is 2.21. The molecule has 0 fully saturated rings. The van der Waals surface area contributed by atoms with Crippen LogP contribution in [0.1, 0.15) is 37.4 Å². The number of carbonyl (C=O) groups excluding carboxylic acids is 1. The average molecular weight is 264 g/mol. The van der Waals surface area contributed by atoms with E-state index in [2.05, 4.69) is 10.6 Å². The van der Waals surface area contributed by atoms with Crippen molar-refractivity contribution in [3.8, 4) is 0 Å². The van der Waals surface area contributed by atoms with Crippen LogP contribution in [0.4, 0.5) is 4.39 Å². The molecule has 0 bridgehead atoms. The Morgan fingerprint density at radius 3 is 2.95 bits per heavy atom. The molecule has 1 aromatic carbocycles. The van der Waals surface area contributed by atoms with Gasteiger partial charge in [-0.25, -0.2) is 4.39 Å². The van der Waals surface area contributed by atoms with Crippen molar-refractivity contribution < 1.29 is 9.18 Å². The van der Waals surface area contributed by atoms with Crippen LogP contribution in [0.15, 0.2) is 18.2 Å². The maximum absolute atomic E-state index is 13.1. The van der Waals surface area contributed by atoms with E-state index in [-0.39, 0.29) is 23.7 Å². The number of hydrogen-bond donors (Lipinski definition) is 2. The quantitative estimate of drug-likeness (QED) is 0.800. The monoisotopic (exact) mass is 264 g/mol. The lowest BCUT2D eigenvalue weighted by Crippen LogP contribution is -2.35. The molecule has 0 heterocycles. The topological polar surface area (TPSA) is 41.1 Å². The second kappa shape index (κ2) is 6.15. The summed E-state index contributed by atoms with van der Waals surface area (Å²) in [6, 6.07) is 5.28. The van der Waals surface area contributed by atoms with Crippen molar-refractivity contribution in [2.75, 3.05) is 13.1 Å². The Bertz CT molecular complexity index is 459. The molecule has 1 aliphatic carbocycles. The van der Waals surface area contributed by atoms with Crippen molar-refractivity contribution in [3.05, 3.63) is 35.1 Å². The van der Waals surface area contributed by atoms with Crippen molar-refractivity contribution in [1.29, 1.82) is 0 Å². The van der Waals surface area contributed by atoms with E-state index in [1.165, 1.54) is 11.6 Å². The number of fused-ring (bicyclic) bond motifs is 1. The molecule has 0 radical (unpaired) electrons. The van der Waals surface area contributed by atoms with Crippen LogP contribution in [-0.4, -0.2) is 19.0 Å². The Labute approximate surface area is 113 Å². The fourth-order valence-electron chi connectivity index (χ4n) is 2.43. The minimum Gasteiger partial charge on any atom is -0.355 e. The lowest BCUT2D eigenvalue weighted by molar-refractivity contribution is -0.123. The summed E-state index contributed by atoms with van der Waals surface area (Å²) in [5.41, 5.74) is 2.29. The summed E-state index contributed by atoms with van der Waals surface area (Å²) in [6.45, 7) is 5.12. The molecule has 1 aromatic rings. The number of halogens is 1. The van der Waals surface area contributed by atoms with Gasteiger partial charge in [-0.1, -0.05) is 19.9 Å². The van der Waals surface area contributed by atoms with E-state index in [0.717, 1.165) is 24.9 Å². The smallest absolute Gasteiger partial charge is 0.222 e. The zero-order chi connectivity index (χ0) is 13.8. The Morgan fingerprint density at radius 2 is 2.21 bits per heavy atom. The number of benzene rings is 1. The van der Waals surface area contributed by atoms with Crippen LogP contribution < -0.4 is 10.6 Å². The van der Waals surface area contributed by atoms with Gasteiger partial charge in [0.2, 0.25) is 5.91 Å². The number of amides is 1. The molecule has 0 aliphatic heterocycles. The molecule has 3 nitrogen and oxygen atoms in total. The number of carbonyl (C=O) groups is 1. The van der Waals surface area contributed by atoms with E-state index in [4.69, 9.17) is 0 Å². The van der Waals surface area contributed by atoms with Crippen LogP contribution in [0.25, 0.3) is 0 Å². The predicted molar refractivity (Wildman–Crippen MR) is 73.3 cm³/mol. The first-order valence-corrected chi connectivity index (χ1v) is 6.87. The maximum Gasteiger partial charge on any atom is 0.222 e. The summed E-state index contributed by atoms with van der Waals surface area (Å²) in [7, 11) is 0. The van der Waals surface area contributed by atoms with Gasteiger partial charge in [-0.15, -0.1) is 0 Å². The Kier molecular flexibility index (Phi) is 4.53. The highest BCUT2D eigenvalue weighted by molar-refractivity contribution is 5.77. The molecule has 104 valence electrons. The molecule has 1 amide bonds. The summed E-state index contributed by atoms with van der Waals surface area (Å²) in [5.74, 6) is -0.0607. The van der Waals surface area contributed by atoms with Crippen molar-refractivity contribution in [2.24, 2.45) is 5.92 Å². The van der Waals surface area contributed by atoms with E-state index in [0.29, 0.717) is 6.54 Å². The first-order chi connectivity index (χ1) is 9.08. The fraction of sp³-hybridized carbons (Fsp3) is 0.533. The third-order valence-corrected chi connectivity index (χ3v) is 3.52. The van der Waals surface area contributed by atoms with Crippen molar-refractivity contribution in [3.63, 3.8) is 0 Å². The van der Waals surface area contributed by atoms with Gasteiger partial charge < -0.3 is 10.6 Å². The van der Waals surface area contributed by atoms with Gasteiger partial charge >= 0.3 is 0 Å². The minimum absolute atomic E-state index is 0.0233. The van der Waals surface area contributed by atoms with E-state index < -0.39 is 0 Å². The van der Waals surface area contributed by atoms with Gasteiger partial charge in [-0.2, -0.15) is 0 Å². The Morgan fingerprint density at radius 1 is 1.42 bits per heavy atom. The number of nitrogens with one attached hydrogen (secondary N) is 2. The second-order valence-corrected chi connectivity index (χ2v) is 5.33. The SMILES string of the molecule is CC(C)C(=O)NCCNC1CCc2cc(F)ccc21. The average Bonchev–Trinajstić information content (AvgIpc) is 2.76. The molecule has 1 unspecified atom stereocenters. The molecule has 0 spiro atoms. The van der Waals surface area contributed by atoms with Gasteiger partial charge in [0.25, 0.3) is 0 Å². The molecule has 2 N–H and O–H groups in total. The third kappa shape index (κ3) is 3.53. The molecule has 0 aromatic heterocycles. The second-order valence-electron chi connectivity index (χ2n) is 5.33. The third-order valence-electron chi connectivity index (χ3n) is 3.52. The zero-order valence-electron chi connectivity index (χ0n) is 11.5. The molecule has 4 heteroatoms. The van der Waals surface area contributed by atoms with E-state index >= 15 is 0 Å². The first-order valence-electron chi connectivity index (χ1n) is 6.87. The molecule has 0 saturated heterocycles. The largest absolute Gasteiger partial charge is 0.355 e. The van der Waals surface area contributed by atoms with Crippen LogP contribution >= 0.6 is 0 Å². The van der Waals surface area contributed by atoms with E-state index in [1.54, 1.807) is 6.07 Å². The molecule has 19 heavy (non-hydrogen) atoms. The molecule has 1 aliphatic rings. The predicted octanol–water partition coefficient (Wildman–Crippen LogP) is 2.17. The first kappa shape index (κ1) is 14.0. The van der Waals surface area contributed by atoms with Crippen molar-refractivity contribution in [1.82, 2.24) is 10.6 Å². The number of hydrogen-bond acceptors (Lipinski definition) is 2. The zero-order valence-corrected chi connectivity index (χ0v) is 11.5. The van der Waals surface area contributed by atoms with Gasteiger partial charge in [-0.3, -0.25) is 4.79 Å². The minimum atomic E-state index is -0.163. The van der Waals surface area contributed by atoms with Crippen molar-refractivity contribution >= 4 is 5.91 Å². The summed E-state index contributed by atoms with van der Waals surface area (Å²) >= 11 is 0.